The fourth-order valence-electron chi connectivity index (χ4n) is 1.93. The van der Waals surface area contributed by atoms with Gasteiger partial charge in [0.25, 0.3) is 0 Å². The predicted molar refractivity (Wildman–Crippen MR) is 88.7 cm³/mol. The van der Waals surface area contributed by atoms with Crippen LogP contribution in [-0.2, 0) is 17.7 Å². The largest absolute Gasteiger partial charge is 0.444 e. The zero-order chi connectivity index (χ0) is 17.7. The summed E-state index contributed by atoms with van der Waals surface area (Å²) >= 11 is 0. The van der Waals surface area contributed by atoms with E-state index in [1.165, 1.54) is 6.07 Å². The topological polar surface area (TPSA) is 58.6 Å². The Hall–Kier alpha value is -1.62. The highest BCUT2D eigenvalue weighted by Crippen LogP contribution is 2.22. The molecule has 5 heteroatoms. The Morgan fingerprint density at radius 1 is 1.26 bits per heavy atom. The number of benzene rings is 1. The molecule has 1 rings (SSSR count). The molecule has 23 heavy (non-hydrogen) atoms. The van der Waals surface area contributed by atoms with Gasteiger partial charge in [-0.1, -0.05) is 26.0 Å². The Morgan fingerprint density at radius 2 is 1.91 bits per heavy atom. The molecule has 0 aliphatic heterocycles. The van der Waals surface area contributed by atoms with Gasteiger partial charge in [-0.15, -0.1) is 0 Å². The van der Waals surface area contributed by atoms with Crippen molar-refractivity contribution in [2.75, 3.05) is 6.61 Å². The molecule has 0 aliphatic carbocycles. The number of aliphatic hydroxyl groups excluding tert-OH is 1. The van der Waals surface area contributed by atoms with Crippen molar-refractivity contribution < 1.29 is 19.0 Å². The van der Waals surface area contributed by atoms with Gasteiger partial charge < -0.3 is 15.2 Å². The molecule has 0 radical (unpaired) electrons. The number of hydrogen-bond donors (Lipinski definition) is 2. The summed E-state index contributed by atoms with van der Waals surface area (Å²) in [4.78, 5) is 11.6. The Labute approximate surface area is 138 Å². The molecule has 0 saturated heterocycles. The van der Waals surface area contributed by atoms with Crippen LogP contribution in [0.1, 0.15) is 52.2 Å². The molecule has 0 saturated carbocycles. The van der Waals surface area contributed by atoms with Crippen molar-refractivity contribution in [2.45, 2.75) is 59.6 Å². The SMILES string of the molecule is CC(C)(CO)CCc1ccc(CNC(=O)OC(C)(C)C)c(F)c1. The van der Waals surface area contributed by atoms with E-state index in [0.717, 1.165) is 12.0 Å². The lowest BCUT2D eigenvalue weighted by Gasteiger charge is -2.21. The molecule has 0 atom stereocenters. The first-order chi connectivity index (χ1) is 10.5. The number of carbonyl (C=O) groups excluding carboxylic acids is 1. The van der Waals surface area contributed by atoms with Gasteiger partial charge in [-0.3, -0.25) is 0 Å². The monoisotopic (exact) mass is 325 g/mol. The van der Waals surface area contributed by atoms with E-state index in [1.807, 2.05) is 19.9 Å². The van der Waals surface area contributed by atoms with Crippen molar-refractivity contribution in [1.29, 1.82) is 0 Å². The fourth-order valence-corrected chi connectivity index (χ4v) is 1.93. The molecule has 0 spiro atoms. The Morgan fingerprint density at radius 3 is 2.43 bits per heavy atom. The number of aliphatic hydroxyl groups is 1. The quantitative estimate of drug-likeness (QED) is 0.836. The van der Waals surface area contributed by atoms with Crippen LogP contribution in [0.2, 0.25) is 0 Å². The second kappa shape index (κ2) is 7.77. The lowest BCUT2D eigenvalue weighted by molar-refractivity contribution is 0.0523. The second-order valence-electron chi connectivity index (χ2n) is 7.60. The van der Waals surface area contributed by atoms with Crippen LogP contribution in [0.5, 0.6) is 0 Å². The number of halogens is 1. The summed E-state index contributed by atoms with van der Waals surface area (Å²) in [6.45, 7) is 9.46. The van der Waals surface area contributed by atoms with E-state index in [-0.39, 0.29) is 24.4 Å². The molecule has 1 aromatic carbocycles. The molecular weight excluding hydrogens is 297 g/mol. The third-order valence-electron chi connectivity index (χ3n) is 3.46. The average molecular weight is 325 g/mol. The molecule has 1 amide bonds. The Bertz CT molecular complexity index is 536. The van der Waals surface area contributed by atoms with Crippen LogP contribution < -0.4 is 5.32 Å². The number of aryl methyl sites for hydroxylation is 1. The van der Waals surface area contributed by atoms with Crippen LogP contribution in [0.15, 0.2) is 18.2 Å². The van der Waals surface area contributed by atoms with Gasteiger partial charge in [0, 0.05) is 18.7 Å². The predicted octanol–water partition coefficient (Wildman–Crippen LogP) is 3.80. The number of rotatable bonds is 6. The molecule has 0 fully saturated rings. The summed E-state index contributed by atoms with van der Waals surface area (Å²) in [6, 6.07) is 5.01. The molecule has 0 bridgehead atoms. The summed E-state index contributed by atoms with van der Waals surface area (Å²) in [5.41, 5.74) is 0.547. The molecule has 0 unspecified atom stereocenters. The van der Waals surface area contributed by atoms with Gasteiger partial charge in [0.2, 0.25) is 0 Å². The van der Waals surface area contributed by atoms with Gasteiger partial charge in [0.05, 0.1) is 0 Å². The summed E-state index contributed by atoms with van der Waals surface area (Å²) in [6.07, 6.45) is 0.911. The third-order valence-corrected chi connectivity index (χ3v) is 3.46. The highest BCUT2D eigenvalue weighted by molar-refractivity contribution is 5.67. The zero-order valence-corrected chi connectivity index (χ0v) is 14.7. The van der Waals surface area contributed by atoms with Crippen molar-refractivity contribution in [2.24, 2.45) is 5.41 Å². The van der Waals surface area contributed by atoms with E-state index in [2.05, 4.69) is 5.32 Å². The summed E-state index contributed by atoms with van der Waals surface area (Å²) in [7, 11) is 0. The maximum absolute atomic E-state index is 14.1. The van der Waals surface area contributed by atoms with E-state index in [0.29, 0.717) is 12.0 Å². The summed E-state index contributed by atoms with van der Waals surface area (Å²) < 4.78 is 19.2. The molecule has 1 aromatic rings. The minimum Gasteiger partial charge on any atom is -0.444 e. The molecule has 0 heterocycles. The minimum absolute atomic E-state index is 0.0865. The summed E-state index contributed by atoms with van der Waals surface area (Å²) in [5, 5.41) is 11.8. The van der Waals surface area contributed by atoms with Crippen LogP contribution in [0.4, 0.5) is 9.18 Å². The molecule has 130 valence electrons. The standard InChI is InChI=1S/C18H28FNO3/c1-17(2,3)23-16(22)20-11-14-7-6-13(10-15(14)19)8-9-18(4,5)12-21/h6-7,10,21H,8-9,11-12H2,1-5H3,(H,20,22). The van der Waals surface area contributed by atoms with Crippen molar-refractivity contribution in [1.82, 2.24) is 5.32 Å². The molecule has 4 nitrogen and oxygen atoms in total. The highest BCUT2D eigenvalue weighted by Gasteiger charge is 2.17. The maximum Gasteiger partial charge on any atom is 0.407 e. The number of hydrogen-bond acceptors (Lipinski definition) is 3. The Balaban J connectivity index is 2.58. The first kappa shape index (κ1) is 19.4. The molecule has 0 aliphatic rings. The highest BCUT2D eigenvalue weighted by atomic mass is 19.1. The number of alkyl carbamates (subject to hydrolysis) is 1. The van der Waals surface area contributed by atoms with Gasteiger partial charge in [-0.05, 0) is 50.7 Å². The Kier molecular flexibility index (Phi) is 6.57. The van der Waals surface area contributed by atoms with Gasteiger partial charge >= 0.3 is 6.09 Å². The van der Waals surface area contributed by atoms with Crippen molar-refractivity contribution >= 4 is 6.09 Å². The van der Waals surface area contributed by atoms with Crippen molar-refractivity contribution in [3.8, 4) is 0 Å². The number of amides is 1. The van der Waals surface area contributed by atoms with Crippen LogP contribution in [0, 0.1) is 11.2 Å². The van der Waals surface area contributed by atoms with Crippen LogP contribution in [-0.4, -0.2) is 23.4 Å². The molecule has 0 aromatic heterocycles. The van der Waals surface area contributed by atoms with Gasteiger partial charge in [-0.25, -0.2) is 9.18 Å². The van der Waals surface area contributed by atoms with Crippen molar-refractivity contribution in [3.63, 3.8) is 0 Å². The average Bonchev–Trinajstić information content (AvgIpc) is 2.42. The lowest BCUT2D eigenvalue weighted by atomic mass is 9.87. The molecule has 2 N–H and O–H groups in total. The van der Waals surface area contributed by atoms with Crippen LogP contribution in [0.3, 0.4) is 0 Å². The number of carbonyl (C=O) groups is 1. The van der Waals surface area contributed by atoms with E-state index >= 15 is 0 Å². The first-order valence-corrected chi connectivity index (χ1v) is 7.87. The number of ether oxygens (including phenoxy) is 1. The van der Waals surface area contributed by atoms with Gasteiger partial charge in [-0.2, -0.15) is 0 Å². The van der Waals surface area contributed by atoms with E-state index in [9.17, 15) is 14.3 Å². The second-order valence-corrected chi connectivity index (χ2v) is 7.60. The number of nitrogens with one attached hydrogen (secondary N) is 1. The van der Waals surface area contributed by atoms with Crippen LogP contribution in [0.25, 0.3) is 0 Å². The molecular formula is C18H28FNO3. The van der Waals surface area contributed by atoms with Gasteiger partial charge in [0.15, 0.2) is 0 Å². The fraction of sp³-hybridized carbons (Fsp3) is 0.611. The zero-order valence-electron chi connectivity index (χ0n) is 14.7. The lowest BCUT2D eigenvalue weighted by Crippen LogP contribution is -2.32. The van der Waals surface area contributed by atoms with Gasteiger partial charge in [0.1, 0.15) is 11.4 Å². The van der Waals surface area contributed by atoms with E-state index < -0.39 is 11.7 Å². The smallest absolute Gasteiger partial charge is 0.407 e. The van der Waals surface area contributed by atoms with E-state index in [1.54, 1.807) is 26.8 Å². The third kappa shape index (κ3) is 7.46. The summed E-state index contributed by atoms with van der Waals surface area (Å²) in [5.74, 6) is -0.347. The maximum atomic E-state index is 14.1. The van der Waals surface area contributed by atoms with Crippen molar-refractivity contribution in [3.05, 3.63) is 35.1 Å². The van der Waals surface area contributed by atoms with Crippen LogP contribution >= 0.6 is 0 Å². The minimum atomic E-state index is -0.577. The van der Waals surface area contributed by atoms with E-state index in [4.69, 9.17) is 4.74 Å². The normalized spacial score (nSPS) is 12.1. The first-order valence-electron chi connectivity index (χ1n) is 7.87.